The fourth-order valence-electron chi connectivity index (χ4n) is 2.06. The maximum Gasteiger partial charge on any atom is 0.125 e. The van der Waals surface area contributed by atoms with Gasteiger partial charge in [0.1, 0.15) is 5.82 Å². The van der Waals surface area contributed by atoms with Gasteiger partial charge in [-0.25, -0.2) is 4.39 Å². The van der Waals surface area contributed by atoms with Crippen molar-refractivity contribution in [3.8, 4) is 0 Å². The number of benzene rings is 1. The van der Waals surface area contributed by atoms with Crippen LogP contribution < -0.4 is 5.32 Å². The Morgan fingerprint density at radius 1 is 1.05 bits per heavy atom. The van der Waals surface area contributed by atoms with Crippen LogP contribution in [-0.2, 0) is 0 Å². The molecule has 3 heteroatoms. The lowest BCUT2D eigenvalue weighted by Gasteiger charge is -2.22. The first-order chi connectivity index (χ1) is 9.26. The average molecular weight is 266 g/mol. The number of anilines is 1. The summed E-state index contributed by atoms with van der Waals surface area (Å²) in [5.74, 6) is -0.182. The minimum absolute atomic E-state index is 0.182. The molecule has 1 aromatic rings. The van der Waals surface area contributed by atoms with Crippen molar-refractivity contribution >= 4 is 5.69 Å². The molecule has 0 spiro atoms. The second kappa shape index (κ2) is 9.79. The summed E-state index contributed by atoms with van der Waals surface area (Å²) < 4.78 is 13.0. The van der Waals surface area contributed by atoms with Gasteiger partial charge < -0.3 is 10.2 Å². The molecule has 0 aliphatic rings. The largest absolute Gasteiger partial charge is 0.384 e. The first-order valence-electron chi connectivity index (χ1n) is 7.48. The van der Waals surface area contributed by atoms with Crippen LogP contribution >= 0.6 is 0 Å². The Morgan fingerprint density at radius 3 is 2.32 bits per heavy atom. The first-order valence-corrected chi connectivity index (χ1v) is 7.48. The van der Waals surface area contributed by atoms with Gasteiger partial charge in [0.2, 0.25) is 0 Å². The van der Waals surface area contributed by atoms with E-state index in [2.05, 4.69) is 24.1 Å². The molecule has 0 heterocycles. The summed E-state index contributed by atoms with van der Waals surface area (Å²) in [6.07, 6.45) is 4.98. The quantitative estimate of drug-likeness (QED) is 0.684. The number of halogens is 1. The lowest BCUT2D eigenvalue weighted by molar-refractivity contribution is 0.275. The Hall–Kier alpha value is -1.09. The number of hydrogen-bond acceptors (Lipinski definition) is 2. The Labute approximate surface area is 117 Å². The summed E-state index contributed by atoms with van der Waals surface area (Å²) >= 11 is 0. The molecule has 0 saturated carbocycles. The average Bonchev–Trinajstić information content (AvgIpc) is 2.41. The third kappa shape index (κ3) is 7.16. The molecule has 0 amide bonds. The highest BCUT2D eigenvalue weighted by Gasteiger charge is 2.03. The predicted molar refractivity (Wildman–Crippen MR) is 81.1 cm³/mol. The van der Waals surface area contributed by atoms with E-state index >= 15 is 0 Å². The lowest BCUT2D eigenvalue weighted by atomic mass is 10.2. The lowest BCUT2D eigenvalue weighted by Crippen LogP contribution is -2.31. The van der Waals surface area contributed by atoms with E-state index in [9.17, 15) is 4.39 Å². The van der Waals surface area contributed by atoms with Crippen molar-refractivity contribution in [1.29, 1.82) is 0 Å². The predicted octanol–water partition coefficient (Wildman–Crippen LogP) is 4.14. The van der Waals surface area contributed by atoms with Crippen molar-refractivity contribution in [1.82, 2.24) is 4.90 Å². The molecule has 0 radical (unpaired) electrons. The van der Waals surface area contributed by atoms with E-state index in [1.807, 2.05) is 6.07 Å². The molecule has 0 unspecified atom stereocenters. The van der Waals surface area contributed by atoms with Crippen LogP contribution in [0.3, 0.4) is 0 Å². The van der Waals surface area contributed by atoms with E-state index in [0.29, 0.717) is 0 Å². The fourth-order valence-corrected chi connectivity index (χ4v) is 2.06. The van der Waals surface area contributed by atoms with Gasteiger partial charge in [0.25, 0.3) is 0 Å². The van der Waals surface area contributed by atoms with Crippen molar-refractivity contribution in [2.24, 2.45) is 0 Å². The maximum atomic E-state index is 13.0. The van der Waals surface area contributed by atoms with Crippen molar-refractivity contribution in [3.63, 3.8) is 0 Å². The third-order valence-corrected chi connectivity index (χ3v) is 3.24. The van der Waals surface area contributed by atoms with Gasteiger partial charge in [-0.05, 0) is 44.1 Å². The van der Waals surface area contributed by atoms with Crippen LogP contribution in [0.1, 0.15) is 39.5 Å². The van der Waals surface area contributed by atoms with Gasteiger partial charge >= 0.3 is 0 Å². The van der Waals surface area contributed by atoms with Crippen LogP contribution in [0.25, 0.3) is 0 Å². The monoisotopic (exact) mass is 266 g/mol. The summed E-state index contributed by atoms with van der Waals surface area (Å²) in [7, 11) is 0. The highest BCUT2D eigenvalue weighted by atomic mass is 19.1. The van der Waals surface area contributed by atoms with E-state index in [4.69, 9.17) is 0 Å². The molecule has 1 aromatic carbocycles. The molecule has 1 rings (SSSR count). The van der Waals surface area contributed by atoms with Gasteiger partial charge in [0.15, 0.2) is 0 Å². The molecule has 1 N–H and O–H groups in total. The van der Waals surface area contributed by atoms with Gasteiger partial charge in [-0.2, -0.15) is 0 Å². The minimum atomic E-state index is -0.182. The second-order valence-electron chi connectivity index (χ2n) is 4.99. The van der Waals surface area contributed by atoms with Gasteiger partial charge in [-0.3, -0.25) is 0 Å². The second-order valence-corrected chi connectivity index (χ2v) is 4.99. The van der Waals surface area contributed by atoms with Crippen LogP contribution in [-0.4, -0.2) is 31.1 Å². The molecule has 0 aliphatic heterocycles. The van der Waals surface area contributed by atoms with E-state index in [-0.39, 0.29) is 5.82 Å². The summed E-state index contributed by atoms with van der Waals surface area (Å²) in [4.78, 5) is 2.50. The van der Waals surface area contributed by atoms with Crippen LogP contribution in [0, 0.1) is 5.82 Å². The minimum Gasteiger partial charge on any atom is -0.384 e. The van der Waals surface area contributed by atoms with Crippen LogP contribution in [0.5, 0.6) is 0 Å². The van der Waals surface area contributed by atoms with Crippen LogP contribution in [0.4, 0.5) is 10.1 Å². The van der Waals surface area contributed by atoms with E-state index in [1.54, 1.807) is 12.1 Å². The van der Waals surface area contributed by atoms with Crippen molar-refractivity contribution in [3.05, 3.63) is 30.1 Å². The highest BCUT2D eigenvalue weighted by molar-refractivity contribution is 5.42. The van der Waals surface area contributed by atoms with Crippen molar-refractivity contribution in [2.45, 2.75) is 39.5 Å². The summed E-state index contributed by atoms with van der Waals surface area (Å²) in [6, 6.07) is 6.66. The molecule has 19 heavy (non-hydrogen) atoms. The number of nitrogens with zero attached hydrogens (tertiary/aromatic N) is 1. The van der Waals surface area contributed by atoms with Gasteiger partial charge in [-0.15, -0.1) is 0 Å². The van der Waals surface area contributed by atoms with Gasteiger partial charge in [0, 0.05) is 18.8 Å². The third-order valence-electron chi connectivity index (χ3n) is 3.24. The Kier molecular flexibility index (Phi) is 8.23. The number of unbranched alkanes of at least 4 members (excludes halogenated alkanes) is 2. The van der Waals surface area contributed by atoms with Crippen LogP contribution in [0.2, 0.25) is 0 Å². The zero-order chi connectivity index (χ0) is 13.9. The molecule has 0 saturated heterocycles. The normalized spacial score (nSPS) is 10.9. The molecule has 2 nitrogen and oxygen atoms in total. The van der Waals surface area contributed by atoms with Gasteiger partial charge in [-0.1, -0.05) is 32.8 Å². The Balaban J connectivity index is 2.29. The first kappa shape index (κ1) is 16.0. The Morgan fingerprint density at radius 2 is 1.74 bits per heavy atom. The summed E-state index contributed by atoms with van der Waals surface area (Å²) in [5.41, 5.74) is 0.867. The smallest absolute Gasteiger partial charge is 0.125 e. The highest BCUT2D eigenvalue weighted by Crippen LogP contribution is 2.08. The number of rotatable bonds is 10. The SMILES string of the molecule is CCCCN(CCCC)CCNc1cccc(F)c1. The molecule has 0 fully saturated rings. The Bertz CT molecular complexity index is 333. The van der Waals surface area contributed by atoms with Crippen molar-refractivity contribution < 1.29 is 4.39 Å². The fraction of sp³-hybridized carbons (Fsp3) is 0.625. The maximum absolute atomic E-state index is 13.0. The zero-order valence-corrected chi connectivity index (χ0v) is 12.3. The molecule has 0 atom stereocenters. The summed E-state index contributed by atoms with van der Waals surface area (Å²) in [6.45, 7) is 8.68. The standard InChI is InChI=1S/C16H27FN2/c1-3-5-11-19(12-6-4-2)13-10-18-16-9-7-8-15(17)14-16/h7-9,14,18H,3-6,10-13H2,1-2H3. The van der Waals surface area contributed by atoms with E-state index in [0.717, 1.165) is 18.8 Å². The van der Waals surface area contributed by atoms with Gasteiger partial charge in [0.05, 0.1) is 0 Å². The number of hydrogen-bond donors (Lipinski definition) is 1. The molecular formula is C16H27FN2. The van der Waals surface area contributed by atoms with E-state index < -0.39 is 0 Å². The summed E-state index contributed by atoms with van der Waals surface area (Å²) in [5, 5.41) is 3.29. The number of nitrogens with one attached hydrogen (secondary N) is 1. The topological polar surface area (TPSA) is 15.3 Å². The molecular weight excluding hydrogens is 239 g/mol. The van der Waals surface area contributed by atoms with Crippen LogP contribution in [0.15, 0.2) is 24.3 Å². The molecule has 0 aliphatic carbocycles. The molecule has 0 bridgehead atoms. The zero-order valence-electron chi connectivity index (χ0n) is 12.3. The van der Waals surface area contributed by atoms with Crippen molar-refractivity contribution in [2.75, 3.05) is 31.5 Å². The van der Waals surface area contributed by atoms with E-state index in [1.165, 1.54) is 44.8 Å². The molecule has 108 valence electrons. The molecule has 0 aromatic heterocycles.